The van der Waals surface area contributed by atoms with Crippen molar-refractivity contribution in [1.82, 2.24) is 0 Å². The van der Waals surface area contributed by atoms with Crippen LogP contribution in [0.1, 0.15) is 17.3 Å². The molecule has 0 radical (unpaired) electrons. The van der Waals surface area contributed by atoms with Gasteiger partial charge in [-0.3, -0.25) is 14.5 Å². The topological polar surface area (TPSA) is 93.1 Å². The number of nitrogens with zero attached hydrogens (tertiary/aromatic N) is 1. The van der Waals surface area contributed by atoms with Gasteiger partial charge in [-0.05, 0) is 19.1 Å². The second kappa shape index (κ2) is 5.20. The van der Waals surface area contributed by atoms with Crippen LogP contribution in [-0.4, -0.2) is 43.0 Å². The number of hydrogen-bond donors (Lipinski definition) is 1. The maximum atomic E-state index is 11.9. The minimum absolute atomic E-state index is 0.220. The van der Waals surface area contributed by atoms with Crippen molar-refractivity contribution in [3.8, 4) is 11.5 Å². The highest BCUT2D eigenvalue weighted by molar-refractivity contribution is 6.03. The first-order valence-corrected chi connectivity index (χ1v) is 5.84. The first-order valence-electron chi connectivity index (χ1n) is 5.84. The van der Waals surface area contributed by atoms with Gasteiger partial charge in [0.1, 0.15) is 12.3 Å². The van der Waals surface area contributed by atoms with E-state index in [0.717, 1.165) is 4.90 Å². The predicted octanol–water partition coefficient (Wildman–Crippen LogP) is 0.706. The molecule has 0 fully saturated rings. The molecule has 1 aliphatic heterocycles. The van der Waals surface area contributed by atoms with Gasteiger partial charge in [0, 0.05) is 5.56 Å². The van der Waals surface area contributed by atoms with Crippen molar-refractivity contribution in [2.45, 2.75) is 13.0 Å². The number of hydrogen-bond acceptors (Lipinski definition) is 5. The Hall–Kier alpha value is -2.57. The van der Waals surface area contributed by atoms with Gasteiger partial charge in [-0.2, -0.15) is 0 Å². The molecule has 1 heterocycles. The van der Waals surface area contributed by atoms with E-state index in [9.17, 15) is 14.4 Å². The number of carbonyl (C=O) groups is 3. The zero-order valence-corrected chi connectivity index (χ0v) is 11.0. The number of amides is 1. The summed E-state index contributed by atoms with van der Waals surface area (Å²) in [6.07, 6.45) is 0.589. The number of aliphatic carboxylic acids is 1. The van der Waals surface area contributed by atoms with Crippen LogP contribution in [-0.2, 0) is 9.59 Å². The van der Waals surface area contributed by atoms with Crippen molar-refractivity contribution in [3.63, 3.8) is 0 Å². The number of carbonyl (C=O) groups excluding carboxylic acids is 2. The van der Waals surface area contributed by atoms with Gasteiger partial charge in [-0.25, -0.2) is 4.79 Å². The van der Waals surface area contributed by atoms with Crippen molar-refractivity contribution in [1.29, 1.82) is 0 Å². The van der Waals surface area contributed by atoms with Crippen LogP contribution in [0.5, 0.6) is 11.5 Å². The number of benzene rings is 1. The Balaban J connectivity index is 2.62. The molecule has 0 bridgehead atoms. The second-order valence-corrected chi connectivity index (χ2v) is 4.26. The van der Waals surface area contributed by atoms with Crippen LogP contribution in [0.4, 0.5) is 5.69 Å². The van der Waals surface area contributed by atoms with Crippen LogP contribution in [0.15, 0.2) is 12.1 Å². The van der Waals surface area contributed by atoms with Crippen LogP contribution in [0.3, 0.4) is 0 Å². The summed E-state index contributed by atoms with van der Waals surface area (Å²) in [4.78, 5) is 35.1. The minimum Gasteiger partial charge on any atom is -0.493 e. The molecule has 7 heteroatoms. The number of fused-ring (bicyclic) bond motifs is 1. The molecule has 1 N–H and O–H groups in total. The van der Waals surface area contributed by atoms with E-state index in [4.69, 9.17) is 14.6 Å². The Kier molecular flexibility index (Phi) is 3.60. The zero-order chi connectivity index (χ0) is 14.9. The number of ether oxygens (including phenoxy) is 2. The van der Waals surface area contributed by atoms with Gasteiger partial charge in [-0.1, -0.05) is 0 Å². The molecule has 1 aromatic rings. The summed E-state index contributed by atoms with van der Waals surface area (Å²) in [7, 11) is 1.40. The summed E-state index contributed by atoms with van der Waals surface area (Å²) in [6, 6.07) is 1.80. The van der Waals surface area contributed by atoms with E-state index in [1.807, 2.05) is 0 Å². The van der Waals surface area contributed by atoms with E-state index in [1.54, 1.807) is 0 Å². The summed E-state index contributed by atoms with van der Waals surface area (Å²) in [5.41, 5.74) is 0.485. The number of rotatable bonds is 4. The van der Waals surface area contributed by atoms with Crippen LogP contribution >= 0.6 is 0 Å². The van der Waals surface area contributed by atoms with Gasteiger partial charge in [0.25, 0.3) is 5.91 Å². The van der Waals surface area contributed by atoms with E-state index in [1.165, 1.54) is 26.2 Å². The third kappa shape index (κ3) is 2.18. The molecular weight excluding hydrogens is 266 g/mol. The molecule has 20 heavy (non-hydrogen) atoms. The molecule has 2 rings (SSSR count). The average molecular weight is 279 g/mol. The molecule has 1 aliphatic rings. The maximum absolute atomic E-state index is 11.9. The summed E-state index contributed by atoms with van der Waals surface area (Å²) >= 11 is 0. The number of methoxy groups -OCH3 is 1. The molecule has 7 nitrogen and oxygen atoms in total. The predicted molar refractivity (Wildman–Crippen MR) is 68.5 cm³/mol. The number of carboxylic acid groups (broad SMARTS) is 1. The van der Waals surface area contributed by atoms with Crippen molar-refractivity contribution in [3.05, 3.63) is 17.7 Å². The third-order valence-electron chi connectivity index (χ3n) is 3.03. The van der Waals surface area contributed by atoms with E-state index in [0.29, 0.717) is 6.29 Å². The van der Waals surface area contributed by atoms with Gasteiger partial charge in [0.15, 0.2) is 18.1 Å². The highest BCUT2D eigenvalue weighted by atomic mass is 16.5. The SMILES string of the molecule is COc1cc(C=O)cc2c1OCC(=O)N2C(C)C(=O)O. The standard InChI is InChI=1S/C13H13NO6/c1-7(13(17)18)14-9-3-8(5-15)4-10(19-2)12(9)20-6-11(14)16/h3-5,7H,6H2,1-2H3,(H,17,18). The molecule has 0 aromatic heterocycles. The monoisotopic (exact) mass is 279 g/mol. The van der Waals surface area contributed by atoms with Crippen molar-refractivity contribution >= 4 is 23.9 Å². The summed E-state index contributed by atoms with van der Waals surface area (Å²) in [5, 5.41) is 9.10. The lowest BCUT2D eigenvalue weighted by Crippen LogP contribution is -2.48. The van der Waals surface area contributed by atoms with Crippen LogP contribution < -0.4 is 14.4 Å². The van der Waals surface area contributed by atoms with Crippen LogP contribution in [0.2, 0.25) is 0 Å². The minimum atomic E-state index is -1.15. The number of anilines is 1. The van der Waals surface area contributed by atoms with Crippen molar-refractivity contribution < 1.29 is 29.0 Å². The van der Waals surface area contributed by atoms with E-state index in [-0.39, 0.29) is 29.4 Å². The van der Waals surface area contributed by atoms with Gasteiger partial charge in [0.2, 0.25) is 0 Å². The summed E-state index contributed by atoms with van der Waals surface area (Å²) in [5.74, 6) is -1.11. The highest BCUT2D eigenvalue weighted by Gasteiger charge is 2.35. The lowest BCUT2D eigenvalue weighted by atomic mass is 10.1. The molecule has 1 aromatic carbocycles. The second-order valence-electron chi connectivity index (χ2n) is 4.26. The third-order valence-corrected chi connectivity index (χ3v) is 3.03. The van der Waals surface area contributed by atoms with Crippen molar-refractivity contribution in [2.24, 2.45) is 0 Å². The molecule has 1 amide bonds. The molecule has 1 unspecified atom stereocenters. The average Bonchev–Trinajstić information content (AvgIpc) is 2.44. The van der Waals surface area contributed by atoms with Crippen molar-refractivity contribution in [2.75, 3.05) is 18.6 Å². The Labute approximate surface area is 114 Å². The molecule has 106 valence electrons. The first-order chi connectivity index (χ1) is 9.49. The summed E-state index contributed by atoms with van der Waals surface area (Å²) < 4.78 is 10.4. The van der Waals surface area contributed by atoms with Gasteiger partial charge in [0.05, 0.1) is 12.8 Å². The Morgan fingerprint density at radius 2 is 2.25 bits per heavy atom. The fourth-order valence-electron chi connectivity index (χ4n) is 2.02. The largest absolute Gasteiger partial charge is 0.493 e. The van der Waals surface area contributed by atoms with Gasteiger partial charge in [-0.15, -0.1) is 0 Å². The Morgan fingerprint density at radius 1 is 1.55 bits per heavy atom. The number of aldehydes is 1. The first kappa shape index (κ1) is 13.9. The fourth-order valence-corrected chi connectivity index (χ4v) is 2.02. The lowest BCUT2D eigenvalue weighted by Gasteiger charge is -2.32. The van der Waals surface area contributed by atoms with Gasteiger partial charge >= 0.3 is 5.97 Å². The molecule has 0 spiro atoms. The molecular formula is C13H13NO6. The van der Waals surface area contributed by atoms with Crippen LogP contribution in [0.25, 0.3) is 0 Å². The normalized spacial score (nSPS) is 15.1. The molecule has 0 saturated heterocycles. The molecule has 0 aliphatic carbocycles. The van der Waals surface area contributed by atoms with Crippen LogP contribution in [0, 0.1) is 0 Å². The van der Waals surface area contributed by atoms with E-state index >= 15 is 0 Å². The fraction of sp³-hybridized carbons (Fsp3) is 0.308. The quantitative estimate of drug-likeness (QED) is 0.816. The maximum Gasteiger partial charge on any atom is 0.326 e. The molecule has 0 saturated carbocycles. The smallest absolute Gasteiger partial charge is 0.326 e. The zero-order valence-electron chi connectivity index (χ0n) is 11.0. The summed E-state index contributed by atoms with van der Waals surface area (Å²) in [6.45, 7) is 1.11. The Bertz CT molecular complexity index is 582. The lowest BCUT2D eigenvalue weighted by molar-refractivity contribution is -0.140. The number of carboxylic acids is 1. The Morgan fingerprint density at radius 3 is 2.80 bits per heavy atom. The molecule has 1 atom stereocenters. The van der Waals surface area contributed by atoms with Gasteiger partial charge < -0.3 is 14.6 Å². The van der Waals surface area contributed by atoms with E-state index in [2.05, 4.69) is 0 Å². The van der Waals surface area contributed by atoms with E-state index < -0.39 is 17.9 Å². The highest BCUT2D eigenvalue weighted by Crippen LogP contribution is 2.41.